The number of ether oxygens (including phenoxy) is 1. The van der Waals surface area contributed by atoms with Crippen LogP contribution in [0.2, 0.25) is 0 Å². The summed E-state index contributed by atoms with van der Waals surface area (Å²) in [5, 5.41) is 10.6. The average Bonchev–Trinajstić information content (AvgIpc) is 2.50. The van der Waals surface area contributed by atoms with Crippen LogP contribution in [0.5, 0.6) is 5.75 Å². The summed E-state index contributed by atoms with van der Waals surface area (Å²) in [5.74, 6) is 0.347. The summed E-state index contributed by atoms with van der Waals surface area (Å²) in [6.07, 6.45) is -0.257. The van der Waals surface area contributed by atoms with Crippen LogP contribution in [0.25, 0.3) is 5.57 Å². The smallest absolute Gasteiger partial charge is 0.204 e. The third kappa shape index (κ3) is 2.08. The number of hydrogen-bond donors (Lipinski definition) is 1. The number of hydrogen-bond acceptors (Lipinski definition) is 4. The first-order valence-corrected chi connectivity index (χ1v) is 6.81. The maximum Gasteiger partial charge on any atom is 0.204 e. The molecule has 1 unspecified atom stereocenters. The van der Waals surface area contributed by atoms with Gasteiger partial charge in [0.05, 0.1) is 13.2 Å². The van der Waals surface area contributed by atoms with Gasteiger partial charge in [-0.3, -0.25) is 0 Å². The molecule has 0 bridgehead atoms. The molecule has 1 aromatic rings. The molecule has 17 heavy (non-hydrogen) atoms. The summed E-state index contributed by atoms with van der Waals surface area (Å²) in [5.41, 5.74) is 1.26. The van der Waals surface area contributed by atoms with Gasteiger partial charge in [-0.25, -0.2) is 8.42 Å². The number of methoxy groups -OCH3 is 1. The van der Waals surface area contributed by atoms with Crippen molar-refractivity contribution in [3.63, 3.8) is 0 Å². The predicted molar refractivity (Wildman–Crippen MR) is 64.5 cm³/mol. The molecule has 1 atom stereocenters. The highest BCUT2D eigenvalue weighted by Crippen LogP contribution is 2.40. The van der Waals surface area contributed by atoms with Crippen LogP contribution >= 0.6 is 0 Å². The van der Waals surface area contributed by atoms with E-state index in [9.17, 15) is 13.5 Å². The lowest BCUT2D eigenvalue weighted by atomic mass is 10.0. The van der Waals surface area contributed by atoms with E-state index in [1.165, 1.54) is 12.5 Å². The zero-order valence-electron chi connectivity index (χ0n) is 9.67. The molecule has 4 nitrogen and oxygen atoms in total. The van der Waals surface area contributed by atoms with Gasteiger partial charge < -0.3 is 9.84 Å². The molecule has 0 aromatic heterocycles. The van der Waals surface area contributed by atoms with Crippen molar-refractivity contribution in [2.75, 3.05) is 7.11 Å². The third-order valence-corrected chi connectivity index (χ3v) is 4.23. The molecule has 5 heteroatoms. The van der Waals surface area contributed by atoms with Gasteiger partial charge in [0.15, 0.2) is 0 Å². The molecule has 0 spiro atoms. The average molecular weight is 254 g/mol. The summed E-state index contributed by atoms with van der Waals surface area (Å²) in [4.78, 5) is 0.207. The molecule has 1 aliphatic rings. The van der Waals surface area contributed by atoms with Gasteiger partial charge in [-0.1, -0.05) is 12.1 Å². The van der Waals surface area contributed by atoms with Gasteiger partial charge in [0.25, 0.3) is 0 Å². The lowest BCUT2D eigenvalue weighted by Crippen LogP contribution is -2.00. The van der Waals surface area contributed by atoms with Crippen molar-refractivity contribution >= 4 is 15.4 Å². The Morgan fingerprint density at radius 3 is 2.71 bits per heavy atom. The van der Waals surface area contributed by atoms with Crippen LogP contribution in [-0.4, -0.2) is 26.7 Å². The third-order valence-electron chi connectivity index (χ3n) is 2.64. The van der Waals surface area contributed by atoms with Crippen LogP contribution < -0.4 is 4.74 Å². The summed E-state index contributed by atoms with van der Waals surface area (Å²) >= 11 is 0. The Morgan fingerprint density at radius 2 is 2.12 bits per heavy atom. The SMILES string of the molecule is COc1cccc2c1S(=O)(=O)C=C2CC(C)O. The fraction of sp³-hybridized carbons (Fsp3) is 0.333. The van der Waals surface area contributed by atoms with Crippen molar-refractivity contribution in [1.82, 2.24) is 0 Å². The Kier molecular flexibility index (Phi) is 2.97. The van der Waals surface area contributed by atoms with E-state index in [-0.39, 0.29) is 4.90 Å². The van der Waals surface area contributed by atoms with Crippen LogP contribution in [0.4, 0.5) is 0 Å². The predicted octanol–water partition coefficient (Wildman–Crippen LogP) is 1.59. The monoisotopic (exact) mass is 254 g/mol. The highest BCUT2D eigenvalue weighted by Gasteiger charge is 2.30. The summed E-state index contributed by atoms with van der Waals surface area (Å²) in [6, 6.07) is 5.10. The Balaban J connectivity index is 2.60. The highest BCUT2D eigenvalue weighted by molar-refractivity contribution is 7.95. The van der Waals surface area contributed by atoms with E-state index in [0.29, 0.717) is 23.3 Å². The van der Waals surface area contributed by atoms with Crippen LogP contribution in [0, 0.1) is 0 Å². The van der Waals surface area contributed by atoms with E-state index in [4.69, 9.17) is 4.74 Å². The quantitative estimate of drug-likeness (QED) is 0.889. The number of sulfone groups is 1. The number of aliphatic hydroxyl groups excluding tert-OH is 1. The summed E-state index contributed by atoms with van der Waals surface area (Å²) < 4.78 is 29.0. The van der Waals surface area contributed by atoms with Crippen molar-refractivity contribution < 1.29 is 18.3 Å². The van der Waals surface area contributed by atoms with Crippen LogP contribution in [0.3, 0.4) is 0 Å². The molecule has 1 aromatic carbocycles. The second-order valence-corrected chi connectivity index (χ2v) is 5.81. The van der Waals surface area contributed by atoms with Crippen molar-refractivity contribution in [2.24, 2.45) is 0 Å². The number of rotatable bonds is 3. The first kappa shape index (κ1) is 12.1. The summed E-state index contributed by atoms with van der Waals surface area (Å²) in [7, 11) is -2.00. The van der Waals surface area contributed by atoms with Gasteiger partial charge in [0.2, 0.25) is 9.84 Å². The van der Waals surface area contributed by atoms with Gasteiger partial charge in [0, 0.05) is 11.0 Å². The molecule has 0 saturated heterocycles. The molecule has 0 fully saturated rings. The van der Waals surface area contributed by atoms with Crippen molar-refractivity contribution in [3.8, 4) is 5.75 Å². The Morgan fingerprint density at radius 1 is 1.41 bits per heavy atom. The van der Waals surface area contributed by atoms with Crippen molar-refractivity contribution in [3.05, 3.63) is 29.2 Å². The number of fused-ring (bicyclic) bond motifs is 1. The van der Waals surface area contributed by atoms with Crippen LogP contribution in [-0.2, 0) is 9.84 Å². The zero-order chi connectivity index (χ0) is 12.6. The van der Waals surface area contributed by atoms with Gasteiger partial charge in [-0.05, 0) is 25.0 Å². The molecule has 0 aliphatic carbocycles. The van der Waals surface area contributed by atoms with Gasteiger partial charge in [0.1, 0.15) is 10.6 Å². The molecule has 1 heterocycles. The Hall–Kier alpha value is -1.33. The second kappa shape index (κ2) is 4.16. The van der Waals surface area contributed by atoms with E-state index in [1.54, 1.807) is 25.1 Å². The fourth-order valence-corrected chi connectivity index (χ4v) is 3.66. The number of aliphatic hydroxyl groups is 1. The van der Waals surface area contributed by atoms with E-state index in [2.05, 4.69) is 0 Å². The first-order valence-electron chi connectivity index (χ1n) is 5.27. The molecule has 92 valence electrons. The molecular weight excluding hydrogens is 240 g/mol. The van der Waals surface area contributed by atoms with Crippen LogP contribution in [0.15, 0.2) is 28.5 Å². The van der Waals surface area contributed by atoms with Gasteiger partial charge >= 0.3 is 0 Å². The Bertz CT molecular complexity index is 570. The van der Waals surface area contributed by atoms with Crippen molar-refractivity contribution in [2.45, 2.75) is 24.3 Å². The lowest BCUT2D eigenvalue weighted by Gasteiger charge is -2.09. The second-order valence-electron chi connectivity index (χ2n) is 4.08. The highest BCUT2D eigenvalue weighted by atomic mass is 32.2. The normalized spacial score (nSPS) is 18.4. The van der Waals surface area contributed by atoms with Gasteiger partial charge in [-0.2, -0.15) is 0 Å². The zero-order valence-corrected chi connectivity index (χ0v) is 10.5. The first-order chi connectivity index (χ1) is 7.95. The van der Waals surface area contributed by atoms with Crippen molar-refractivity contribution in [1.29, 1.82) is 0 Å². The Labute approximate surface area is 100 Å². The topological polar surface area (TPSA) is 63.6 Å². The maximum absolute atomic E-state index is 12.0. The van der Waals surface area contributed by atoms with Crippen LogP contribution in [0.1, 0.15) is 18.9 Å². The molecule has 1 N–H and O–H groups in total. The standard InChI is InChI=1S/C12H14O4S/c1-8(13)6-9-7-17(14,15)12-10(9)4-3-5-11(12)16-2/h3-5,7-8,13H,6H2,1-2H3. The lowest BCUT2D eigenvalue weighted by molar-refractivity contribution is 0.201. The minimum absolute atomic E-state index is 0.207. The maximum atomic E-state index is 12.0. The minimum atomic E-state index is -3.44. The summed E-state index contributed by atoms with van der Waals surface area (Å²) in [6.45, 7) is 1.63. The van der Waals surface area contributed by atoms with E-state index < -0.39 is 15.9 Å². The van der Waals surface area contributed by atoms with Gasteiger partial charge in [-0.15, -0.1) is 0 Å². The van der Waals surface area contributed by atoms with E-state index >= 15 is 0 Å². The molecule has 0 saturated carbocycles. The fourth-order valence-electron chi connectivity index (χ4n) is 2.01. The molecule has 2 rings (SSSR count). The van der Waals surface area contributed by atoms with E-state index in [1.807, 2.05) is 0 Å². The molecule has 0 radical (unpaired) electrons. The minimum Gasteiger partial charge on any atom is -0.495 e. The molecule has 1 aliphatic heterocycles. The van der Waals surface area contributed by atoms with E-state index in [0.717, 1.165) is 0 Å². The number of benzene rings is 1. The molecular formula is C12H14O4S. The molecule has 0 amide bonds. The largest absolute Gasteiger partial charge is 0.495 e.